The van der Waals surface area contributed by atoms with Gasteiger partial charge in [0.25, 0.3) is 0 Å². The summed E-state index contributed by atoms with van der Waals surface area (Å²) >= 11 is 3.13. The SMILES string of the molecule is CCc1nnc(NC(=O)CCc2c(-c3cccs3)[nH]c3ccc(C)cc23)s1. The zero-order chi connectivity index (χ0) is 18.8. The van der Waals surface area contributed by atoms with E-state index in [0.717, 1.165) is 22.6 Å². The number of hydrogen-bond acceptors (Lipinski definition) is 5. The van der Waals surface area contributed by atoms with Crippen molar-refractivity contribution in [3.05, 3.63) is 51.8 Å². The highest BCUT2D eigenvalue weighted by Crippen LogP contribution is 2.34. The summed E-state index contributed by atoms with van der Waals surface area (Å²) < 4.78 is 0. The maximum atomic E-state index is 12.4. The molecule has 0 aliphatic heterocycles. The molecule has 1 aromatic carbocycles. The van der Waals surface area contributed by atoms with Gasteiger partial charge < -0.3 is 10.3 Å². The molecule has 27 heavy (non-hydrogen) atoms. The Morgan fingerprint density at radius 3 is 2.89 bits per heavy atom. The van der Waals surface area contributed by atoms with Crippen LogP contribution in [0.3, 0.4) is 0 Å². The summed E-state index contributed by atoms with van der Waals surface area (Å²) in [7, 11) is 0. The minimum absolute atomic E-state index is 0.0343. The molecule has 0 aliphatic rings. The first-order valence-corrected chi connectivity index (χ1v) is 10.6. The molecule has 0 aliphatic carbocycles. The van der Waals surface area contributed by atoms with Gasteiger partial charge in [0.05, 0.1) is 10.6 Å². The predicted octanol–water partition coefficient (Wildman–Crippen LogP) is 5.19. The van der Waals surface area contributed by atoms with E-state index in [9.17, 15) is 4.79 Å². The molecule has 1 amide bonds. The smallest absolute Gasteiger partial charge is 0.226 e. The normalized spacial score (nSPS) is 11.2. The van der Waals surface area contributed by atoms with Gasteiger partial charge in [-0.3, -0.25) is 4.79 Å². The van der Waals surface area contributed by atoms with Crippen LogP contribution in [0.1, 0.15) is 29.5 Å². The average Bonchev–Trinajstić information content (AvgIpc) is 3.39. The zero-order valence-corrected chi connectivity index (χ0v) is 16.8. The van der Waals surface area contributed by atoms with E-state index in [-0.39, 0.29) is 5.91 Å². The fourth-order valence-electron chi connectivity index (χ4n) is 3.12. The van der Waals surface area contributed by atoms with Crippen LogP contribution in [0.25, 0.3) is 21.5 Å². The van der Waals surface area contributed by atoms with E-state index < -0.39 is 0 Å². The van der Waals surface area contributed by atoms with Crippen molar-refractivity contribution in [1.29, 1.82) is 0 Å². The average molecular weight is 397 g/mol. The maximum absolute atomic E-state index is 12.4. The Bertz CT molecular complexity index is 1080. The Hall–Kier alpha value is -2.51. The van der Waals surface area contributed by atoms with Crippen LogP contribution in [0.2, 0.25) is 0 Å². The van der Waals surface area contributed by atoms with Crippen LogP contribution >= 0.6 is 22.7 Å². The third kappa shape index (κ3) is 3.79. The summed E-state index contributed by atoms with van der Waals surface area (Å²) in [5.74, 6) is -0.0343. The van der Waals surface area contributed by atoms with E-state index in [0.29, 0.717) is 18.0 Å². The first-order chi connectivity index (χ1) is 13.1. The van der Waals surface area contributed by atoms with Crippen LogP contribution in [0, 0.1) is 6.92 Å². The minimum Gasteiger partial charge on any atom is -0.354 e. The Morgan fingerprint density at radius 2 is 2.15 bits per heavy atom. The number of anilines is 1. The molecule has 3 heterocycles. The van der Waals surface area contributed by atoms with Gasteiger partial charge in [0.2, 0.25) is 11.0 Å². The van der Waals surface area contributed by atoms with Crippen LogP contribution < -0.4 is 5.32 Å². The van der Waals surface area contributed by atoms with Crippen molar-refractivity contribution >= 4 is 44.6 Å². The number of rotatable bonds is 6. The van der Waals surface area contributed by atoms with Crippen molar-refractivity contribution < 1.29 is 4.79 Å². The second-order valence-electron chi connectivity index (χ2n) is 6.41. The van der Waals surface area contributed by atoms with E-state index in [1.807, 2.05) is 13.0 Å². The molecule has 0 spiro atoms. The number of carbonyl (C=O) groups excluding carboxylic acids is 1. The Balaban J connectivity index is 1.57. The summed E-state index contributed by atoms with van der Waals surface area (Å²) in [6, 6.07) is 10.6. The van der Waals surface area contributed by atoms with E-state index in [2.05, 4.69) is 57.1 Å². The molecule has 0 radical (unpaired) electrons. The maximum Gasteiger partial charge on any atom is 0.226 e. The standard InChI is InChI=1S/C20H20N4OS2/c1-3-18-23-24-20(27-18)22-17(25)9-7-13-14-11-12(2)6-8-15(14)21-19(13)16-5-4-10-26-16/h4-6,8,10-11,21H,3,7,9H2,1-2H3,(H,22,24,25). The van der Waals surface area contributed by atoms with Gasteiger partial charge in [-0.1, -0.05) is 36.0 Å². The lowest BCUT2D eigenvalue weighted by Crippen LogP contribution is -2.12. The van der Waals surface area contributed by atoms with Gasteiger partial charge in [-0.15, -0.1) is 21.5 Å². The zero-order valence-electron chi connectivity index (χ0n) is 15.2. The van der Waals surface area contributed by atoms with Crippen LogP contribution in [-0.2, 0) is 17.6 Å². The van der Waals surface area contributed by atoms with Gasteiger partial charge in [-0.2, -0.15) is 0 Å². The van der Waals surface area contributed by atoms with Gasteiger partial charge >= 0.3 is 0 Å². The van der Waals surface area contributed by atoms with Crippen LogP contribution in [0.15, 0.2) is 35.7 Å². The number of benzene rings is 1. The molecule has 0 fully saturated rings. The lowest BCUT2D eigenvalue weighted by Gasteiger charge is -2.04. The van der Waals surface area contributed by atoms with E-state index >= 15 is 0 Å². The quantitative estimate of drug-likeness (QED) is 0.471. The van der Waals surface area contributed by atoms with Crippen molar-refractivity contribution in [3.8, 4) is 10.6 Å². The number of H-pyrrole nitrogens is 1. The predicted molar refractivity (Wildman–Crippen MR) is 113 cm³/mol. The highest BCUT2D eigenvalue weighted by atomic mass is 32.1. The number of aromatic nitrogens is 3. The molecule has 138 valence electrons. The molecule has 7 heteroatoms. The van der Waals surface area contributed by atoms with Crippen molar-refractivity contribution in [3.63, 3.8) is 0 Å². The summed E-state index contributed by atoms with van der Waals surface area (Å²) in [6.07, 6.45) is 1.90. The Labute approximate surface area is 165 Å². The lowest BCUT2D eigenvalue weighted by molar-refractivity contribution is -0.116. The highest BCUT2D eigenvalue weighted by Gasteiger charge is 2.16. The number of nitrogens with zero attached hydrogens (tertiary/aromatic N) is 2. The van der Waals surface area contributed by atoms with Gasteiger partial charge in [0, 0.05) is 17.3 Å². The third-order valence-electron chi connectivity index (χ3n) is 4.45. The largest absolute Gasteiger partial charge is 0.354 e. The second kappa shape index (κ2) is 7.62. The molecule has 0 saturated heterocycles. The third-order valence-corrected chi connectivity index (χ3v) is 6.32. The Kier molecular flexibility index (Phi) is 5.05. The molecular formula is C20H20N4OS2. The molecule has 5 nitrogen and oxygen atoms in total. The first kappa shape index (κ1) is 17.9. The summed E-state index contributed by atoms with van der Waals surface area (Å²) in [6.45, 7) is 4.12. The minimum atomic E-state index is -0.0343. The van der Waals surface area contributed by atoms with E-state index in [1.165, 1.54) is 32.7 Å². The van der Waals surface area contributed by atoms with Crippen molar-refractivity contribution in [2.24, 2.45) is 0 Å². The fraction of sp³-hybridized carbons (Fsp3) is 0.250. The van der Waals surface area contributed by atoms with Crippen molar-refractivity contribution in [2.45, 2.75) is 33.1 Å². The summed E-state index contributed by atoms with van der Waals surface area (Å²) in [5.41, 5.74) is 4.63. The van der Waals surface area contributed by atoms with Gasteiger partial charge in [0.15, 0.2) is 0 Å². The number of aryl methyl sites for hydroxylation is 3. The second-order valence-corrected chi connectivity index (χ2v) is 8.42. The monoisotopic (exact) mass is 396 g/mol. The van der Waals surface area contributed by atoms with Gasteiger partial charge in [0.1, 0.15) is 5.01 Å². The van der Waals surface area contributed by atoms with Crippen LogP contribution in [0.4, 0.5) is 5.13 Å². The molecule has 4 aromatic rings. The molecule has 3 aromatic heterocycles. The number of fused-ring (bicyclic) bond motifs is 1. The lowest BCUT2D eigenvalue weighted by atomic mass is 10.0. The molecule has 0 atom stereocenters. The number of amides is 1. The number of thiophene rings is 1. The van der Waals surface area contributed by atoms with Crippen molar-refractivity contribution in [2.75, 3.05) is 5.32 Å². The van der Waals surface area contributed by atoms with E-state index in [1.54, 1.807) is 11.3 Å². The molecule has 4 rings (SSSR count). The molecule has 0 unspecified atom stereocenters. The summed E-state index contributed by atoms with van der Waals surface area (Å²) in [5, 5.41) is 15.7. The highest BCUT2D eigenvalue weighted by molar-refractivity contribution is 7.15. The molecular weight excluding hydrogens is 376 g/mol. The number of nitrogens with one attached hydrogen (secondary N) is 2. The number of hydrogen-bond donors (Lipinski definition) is 2. The Morgan fingerprint density at radius 1 is 1.26 bits per heavy atom. The number of carbonyl (C=O) groups is 1. The summed E-state index contributed by atoms with van der Waals surface area (Å²) in [4.78, 5) is 17.2. The first-order valence-electron chi connectivity index (χ1n) is 8.91. The molecule has 0 bridgehead atoms. The number of aromatic amines is 1. The van der Waals surface area contributed by atoms with Crippen LogP contribution in [0.5, 0.6) is 0 Å². The van der Waals surface area contributed by atoms with E-state index in [4.69, 9.17) is 0 Å². The molecule has 0 saturated carbocycles. The van der Waals surface area contributed by atoms with Gasteiger partial charge in [-0.05, 0) is 48.9 Å². The van der Waals surface area contributed by atoms with Crippen LogP contribution in [-0.4, -0.2) is 21.1 Å². The topological polar surface area (TPSA) is 70.7 Å². The molecule has 2 N–H and O–H groups in total. The van der Waals surface area contributed by atoms with Crippen molar-refractivity contribution in [1.82, 2.24) is 15.2 Å². The van der Waals surface area contributed by atoms with Gasteiger partial charge in [-0.25, -0.2) is 0 Å². The fourth-order valence-corrected chi connectivity index (χ4v) is 4.57.